The fourth-order valence-electron chi connectivity index (χ4n) is 3.21. The molecule has 1 fully saturated rings. The summed E-state index contributed by atoms with van der Waals surface area (Å²) in [4.78, 5) is 26.4. The lowest BCUT2D eigenvalue weighted by molar-refractivity contribution is -0.146. The van der Waals surface area contributed by atoms with Gasteiger partial charge in [-0.3, -0.25) is 9.59 Å². The lowest BCUT2D eigenvalue weighted by atomic mass is 9.93. The van der Waals surface area contributed by atoms with Crippen LogP contribution in [0.1, 0.15) is 54.1 Å². The lowest BCUT2D eigenvalue weighted by Crippen LogP contribution is -2.40. The zero-order valence-corrected chi connectivity index (χ0v) is 15.2. The van der Waals surface area contributed by atoms with Crippen molar-refractivity contribution in [2.24, 2.45) is 5.92 Å². The molecule has 1 amide bonds. The number of rotatable bonds is 4. The average Bonchev–Trinajstić information content (AvgIpc) is 2.59. The summed E-state index contributed by atoms with van der Waals surface area (Å²) in [7, 11) is 3.06. The maximum Gasteiger partial charge on any atom is 0.308 e. The van der Waals surface area contributed by atoms with Crippen molar-refractivity contribution in [3.63, 3.8) is 0 Å². The van der Waals surface area contributed by atoms with Crippen LogP contribution in [0, 0.1) is 12.8 Å². The minimum atomic E-state index is -0.176. The molecule has 0 aliphatic carbocycles. The third-order valence-corrected chi connectivity index (χ3v) is 4.75. The normalized spacial score (nSPS) is 15.5. The maximum atomic E-state index is 12.9. The summed E-state index contributed by atoms with van der Waals surface area (Å²) in [6, 6.07) is 3.89. The maximum absolute atomic E-state index is 12.9. The van der Waals surface area contributed by atoms with E-state index in [1.807, 2.05) is 24.0 Å². The van der Waals surface area contributed by atoms with Gasteiger partial charge in [0.15, 0.2) is 0 Å². The highest BCUT2D eigenvalue weighted by molar-refractivity contribution is 5.96. The molecular formula is C19H27NO4. The first-order valence-corrected chi connectivity index (χ1v) is 8.44. The molecule has 132 valence electrons. The number of likely N-dealkylation sites (tertiary alicyclic amines) is 1. The van der Waals surface area contributed by atoms with Crippen LogP contribution in [-0.2, 0) is 9.53 Å². The van der Waals surface area contributed by atoms with Crippen molar-refractivity contribution >= 4 is 11.9 Å². The highest BCUT2D eigenvalue weighted by Gasteiger charge is 2.29. The average molecular weight is 333 g/mol. The molecule has 0 saturated carbocycles. The molecule has 0 unspecified atom stereocenters. The van der Waals surface area contributed by atoms with Crippen LogP contribution in [-0.4, -0.2) is 44.1 Å². The second kappa shape index (κ2) is 7.69. The molecule has 0 radical (unpaired) electrons. The number of amides is 1. The molecule has 24 heavy (non-hydrogen) atoms. The molecule has 2 rings (SSSR count). The second-order valence-electron chi connectivity index (χ2n) is 6.65. The quantitative estimate of drug-likeness (QED) is 0.794. The van der Waals surface area contributed by atoms with Crippen LogP contribution in [0.5, 0.6) is 5.75 Å². The Morgan fingerprint density at radius 3 is 2.29 bits per heavy atom. The summed E-state index contributed by atoms with van der Waals surface area (Å²) in [6.07, 6.45) is 1.31. The Hall–Kier alpha value is -2.04. The minimum Gasteiger partial charge on any atom is -0.496 e. The predicted molar refractivity (Wildman–Crippen MR) is 92.5 cm³/mol. The van der Waals surface area contributed by atoms with Gasteiger partial charge in [0.2, 0.25) is 0 Å². The van der Waals surface area contributed by atoms with Gasteiger partial charge in [0.25, 0.3) is 5.91 Å². The number of nitrogens with zero attached hydrogens (tertiary/aromatic N) is 1. The Kier molecular flexibility index (Phi) is 5.86. The fourth-order valence-corrected chi connectivity index (χ4v) is 3.21. The highest BCUT2D eigenvalue weighted by Crippen LogP contribution is 2.31. The van der Waals surface area contributed by atoms with E-state index in [0.29, 0.717) is 25.9 Å². The van der Waals surface area contributed by atoms with E-state index in [-0.39, 0.29) is 23.7 Å². The molecule has 5 heteroatoms. The monoisotopic (exact) mass is 333 g/mol. The van der Waals surface area contributed by atoms with Crippen LogP contribution >= 0.6 is 0 Å². The molecule has 1 heterocycles. The Labute approximate surface area is 143 Å². The van der Waals surface area contributed by atoms with Crippen LogP contribution < -0.4 is 4.74 Å². The smallest absolute Gasteiger partial charge is 0.308 e. The standard InChI is InChI=1S/C19H27NO4/c1-12(2)15-11-16(13(3)10-17(15)23-4)18(21)20-8-6-14(7-9-20)19(22)24-5/h10-12,14H,6-9H2,1-5H3. The van der Waals surface area contributed by atoms with E-state index < -0.39 is 0 Å². The largest absolute Gasteiger partial charge is 0.496 e. The highest BCUT2D eigenvalue weighted by atomic mass is 16.5. The van der Waals surface area contributed by atoms with Gasteiger partial charge in [-0.15, -0.1) is 0 Å². The van der Waals surface area contributed by atoms with Crippen LogP contribution in [0.2, 0.25) is 0 Å². The van der Waals surface area contributed by atoms with Gasteiger partial charge in [-0.25, -0.2) is 0 Å². The summed E-state index contributed by atoms with van der Waals surface area (Å²) in [5.41, 5.74) is 2.67. The molecule has 0 spiro atoms. The van der Waals surface area contributed by atoms with Crippen LogP contribution in [0.15, 0.2) is 12.1 Å². The minimum absolute atomic E-state index is 0.0281. The van der Waals surface area contributed by atoms with Gasteiger partial charge in [0.1, 0.15) is 5.75 Å². The van der Waals surface area contributed by atoms with Crippen molar-refractivity contribution < 1.29 is 19.1 Å². The van der Waals surface area contributed by atoms with Gasteiger partial charge < -0.3 is 14.4 Å². The van der Waals surface area contributed by atoms with Gasteiger partial charge in [-0.05, 0) is 48.9 Å². The van der Waals surface area contributed by atoms with Crippen LogP contribution in [0.3, 0.4) is 0 Å². The van der Waals surface area contributed by atoms with Crippen molar-refractivity contribution in [3.8, 4) is 5.75 Å². The van der Waals surface area contributed by atoms with Crippen molar-refractivity contribution in [1.29, 1.82) is 0 Å². The number of benzene rings is 1. The number of carbonyl (C=O) groups excluding carboxylic acids is 2. The Balaban J connectivity index is 2.19. The number of hydrogen-bond donors (Lipinski definition) is 0. The van der Waals surface area contributed by atoms with Crippen molar-refractivity contribution in [1.82, 2.24) is 4.90 Å². The van der Waals surface area contributed by atoms with Gasteiger partial charge in [0.05, 0.1) is 20.1 Å². The molecular weight excluding hydrogens is 306 g/mol. The number of methoxy groups -OCH3 is 2. The second-order valence-corrected chi connectivity index (χ2v) is 6.65. The summed E-state index contributed by atoms with van der Waals surface area (Å²) >= 11 is 0. The van der Waals surface area contributed by atoms with E-state index in [4.69, 9.17) is 9.47 Å². The Morgan fingerprint density at radius 2 is 1.79 bits per heavy atom. The third kappa shape index (κ3) is 3.71. The van der Waals surface area contributed by atoms with E-state index in [1.54, 1.807) is 7.11 Å². The number of carbonyl (C=O) groups is 2. The SMILES string of the molecule is COC(=O)C1CCN(C(=O)c2cc(C(C)C)c(OC)cc2C)CC1. The van der Waals surface area contributed by atoms with Crippen molar-refractivity contribution in [2.45, 2.75) is 39.5 Å². The summed E-state index contributed by atoms with van der Waals surface area (Å²) in [6.45, 7) is 7.27. The summed E-state index contributed by atoms with van der Waals surface area (Å²) in [5.74, 6) is 0.855. The first-order valence-electron chi connectivity index (χ1n) is 8.44. The molecule has 1 aliphatic rings. The summed E-state index contributed by atoms with van der Waals surface area (Å²) < 4.78 is 10.2. The molecule has 0 aromatic heterocycles. The van der Waals surface area contributed by atoms with E-state index in [2.05, 4.69) is 13.8 Å². The van der Waals surface area contributed by atoms with E-state index in [1.165, 1.54) is 7.11 Å². The zero-order chi connectivity index (χ0) is 17.9. The molecule has 0 atom stereocenters. The molecule has 0 bridgehead atoms. The van der Waals surface area contributed by atoms with E-state index >= 15 is 0 Å². The van der Waals surface area contributed by atoms with Crippen molar-refractivity contribution in [3.05, 3.63) is 28.8 Å². The Morgan fingerprint density at radius 1 is 1.17 bits per heavy atom. The van der Waals surface area contributed by atoms with Gasteiger partial charge in [0, 0.05) is 18.7 Å². The first kappa shape index (κ1) is 18.3. The molecule has 1 aliphatic heterocycles. The number of aryl methyl sites for hydroxylation is 1. The van der Waals surface area contributed by atoms with Crippen LogP contribution in [0.4, 0.5) is 0 Å². The van der Waals surface area contributed by atoms with E-state index in [0.717, 1.165) is 22.4 Å². The summed E-state index contributed by atoms with van der Waals surface area (Å²) in [5, 5.41) is 0. The van der Waals surface area contributed by atoms with Gasteiger partial charge in [-0.2, -0.15) is 0 Å². The molecule has 0 N–H and O–H groups in total. The number of ether oxygens (including phenoxy) is 2. The molecule has 1 aromatic rings. The van der Waals surface area contributed by atoms with Crippen LogP contribution in [0.25, 0.3) is 0 Å². The van der Waals surface area contributed by atoms with Crippen molar-refractivity contribution in [2.75, 3.05) is 27.3 Å². The van der Waals surface area contributed by atoms with Gasteiger partial charge in [-0.1, -0.05) is 13.8 Å². The zero-order valence-electron chi connectivity index (χ0n) is 15.2. The number of piperidine rings is 1. The third-order valence-electron chi connectivity index (χ3n) is 4.75. The first-order chi connectivity index (χ1) is 11.4. The molecule has 1 saturated heterocycles. The van der Waals surface area contributed by atoms with Gasteiger partial charge >= 0.3 is 5.97 Å². The Bertz CT molecular complexity index is 616. The van der Waals surface area contributed by atoms with E-state index in [9.17, 15) is 9.59 Å². The molecule has 5 nitrogen and oxygen atoms in total. The topological polar surface area (TPSA) is 55.8 Å². The lowest BCUT2D eigenvalue weighted by Gasteiger charge is -2.31. The predicted octanol–water partition coefficient (Wildman–Crippen LogP) is 3.15. The number of hydrogen-bond acceptors (Lipinski definition) is 4. The number of esters is 1. The fraction of sp³-hybridized carbons (Fsp3) is 0.579. The molecule has 1 aromatic carbocycles.